The molecule has 1 N–H and O–H groups in total. The second kappa shape index (κ2) is 8.77. The van der Waals surface area contributed by atoms with Crippen molar-refractivity contribution < 1.29 is 13.6 Å². The molecule has 0 spiro atoms. The maximum Gasteiger partial charge on any atom is 0.228 e. The number of pyridine rings is 1. The Morgan fingerprint density at radius 3 is 2.78 bits per heavy atom. The van der Waals surface area contributed by atoms with E-state index in [-0.39, 0.29) is 11.8 Å². The molecule has 7 heteroatoms. The zero-order chi connectivity index (χ0) is 22.1. The van der Waals surface area contributed by atoms with E-state index in [1.807, 2.05) is 18.2 Å². The predicted molar refractivity (Wildman–Crippen MR) is 119 cm³/mol. The van der Waals surface area contributed by atoms with E-state index >= 15 is 0 Å². The number of hydrogen-bond donors (Lipinski definition) is 1. The number of carbonyl (C=O) groups is 1. The van der Waals surface area contributed by atoms with Crippen molar-refractivity contribution in [3.63, 3.8) is 0 Å². The van der Waals surface area contributed by atoms with Crippen LogP contribution in [0.25, 0.3) is 0 Å². The van der Waals surface area contributed by atoms with Crippen LogP contribution in [0.15, 0.2) is 42.6 Å². The van der Waals surface area contributed by atoms with E-state index < -0.39 is 17.0 Å². The van der Waals surface area contributed by atoms with E-state index in [2.05, 4.69) is 20.1 Å². The van der Waals surface area contributed by atoms with Gasteiger partial charge in [0.15, 0.2) is 11.6 Å². The largest absolute Gasteiger partial charge is 0.355 e. The lowest BCUT2D eigenvalue weighted by molar-refractivity contribution is -0.132. The molecule has 1 aromatic carbocycles. The Bertz CT molecular complexity index is 968. The number of amides is 1. The van der Waals surface area contributed by atoms with Crippen molar-refractivity contribution in [3.05, 3.63) is 59.8 Å². The van der Waals surface area contributed by atoms with Crippen LogP contribution in [0.3, 0.4) is 0 Å². The highest BCUT2D eigenvalue weighted by Gasteiger charge is 2.53. The van der Waals surface area contributed by atoms with Gasteiger partial charge in [0.2, 0.25) is 5.91 Å². The first-order valence-corrected chi connectivity index (χ1v) is 11.6. The van der Waals surface area contributed by atoms with Crippen LogP contribution in [-0.4, -0.2) is 48.5 Å². The minimum Gasteiger partial charge on any atom is -0.355 e. The first-order valence-electron chi connectivity index (χ1n) is 11.6. The Kier molecular flexibility index (Phi) is 5.84. The van der Waals surface area contributed by atoms with Crippen molar-refractivity contribution in [2.45, 2.75) is 32.2 Å². The third-order valence-corrected chi connectivity index (χ3v) is 7.33. The molecular weight excluding hydrogens is 410 g/mol. The standard InChI is InChI=1S/C25H30F2N4O/c26-21-8-7-19(12-22(21)27)14-30-11-3-9-25(24(32)29-13-18-5-6-18)17-31(16-20(25)15-30)23-4-1-2-10-28-23/h1-2,4,7-8,10,12,18,20H,3,5-6,9,11,13-17H2,(H,29,32)/t20-,25+/m0/s1. The van der Waals surface area contributed by atoms with Gasteiger partial charge in [0.1, 0.15) is 5.82 Å². The predicted octanol–water partition coefficient (Wildman–Crippen LogP) is 3.60. The van der Waals surface area contributed by atoms with Gasteiger partial charge in [-0.2, -0.15) is 0 Å². The van der Waals surface area contributed by atoms with E-state index in [0.29, 0.717) is 19.0 Å². The summed E-state index contributed by atoms with van der Waals surface area (Å²) in [6.07, 6.45) is 5.93. The first-order chi connectivity index (χ1) is 15.5. The van der Waals surface area contributed by atoms with Gasteiger partial charge in [-0.1, -0.05) is 12.1 Å². The lowest BCUT2D eigenvalue weighted by Gasteiger charge is -2.32. The van der Waals surface area contributed by atoms with Crippen LogP contribution in [0.5, 0.6) is 0 Å². The van der Waals surface area contributed by atoms with Crippen LogP contribution in [0.4, 0.5) is 14.6 Å². The number of carbonyl (C=O) groups excluding carboxylic acids is 1. The topological polar surface area (TPSA) is 48.5 Å². The minimum atomic E-state index is -0.822. The average molecular weight is 441 g/mol. The van der Waals surface area contributed by atoms with Crippen LogP contribution < -0.4 is 10.2 Å². The molecule has 3 fully saturated rings. The molecule has 0 unspecified atom stereocenters. The van der Waals surface area contributed by atoms with E-state index in [0.717, 1.165) is 50.4 Å². The second-order valence-corrected chi connectivity index (χ2v) is 9.66. The molecule has 1 amide bonds. The fourth-order valence-corrected chi connectivity index (χ4v) is 5.37. The van der Waals surface area contributed by atoms with Gasteiger partial charge in [0, 0.05) is 44.8 Å². The number of likely N-dealkylation sites (tertiary alicyclic amines) is 1. The number of hydrogen-bond acceptors (Lipinski definition) is 4. The van der Waals surface area contributed by atoms with Gasteiger partial charge in [-0.15, -0.1) is 0 Å². The van der Waals surface area contributed by atoms with Crippen LogP contribution in [0.1, 0.15) is 31.2 Å². The Morgan fingerprint density at radius 2 is 2.03 bits per heavy atom. The van der Waals surface area contributed by atoms with E-state index in [4.69, 9.17) is 0 Å². The summed E-state index contributed by atoms with van der Waals surface area (Å²) in [5.41, 5.74) is 0.309. The Hall–Kier alpha value is -2.54. The van der Waals surface area contributed by atoms with E-state index in [1.54, 1.807) is 12.3 Å². The first kappa shape index (κ1) is 21.3. The van der Waals surface area contributed by atoms with E-state index in [9.17, 15) is 13.6 Å². The number of nitrogens with zero attached hydrogens (tertiary/aromatic N) is 3. The summed E-state index contributed by atoms with van der Waals surface area (Å²) in [5.74, 6) is 0.227. The summed E-state index contributed by atoms with van der Waals surface area (Å²) < 4.78 is 27.1. The number of anilines is 1. The highest BCUT2D eigenvalue weighted by molar-refractivity contribution is 5.84. The van der Waals surface area contributed by atoms with Crippen molar-refractivity contribution in [2.75, 3.05) is 37.6 Å². The normalized spacial score (nSPS) is 25.9. The van der Waals surface area contributed by atoms with Crippen molar-refractivity contribution >= 4 is 11.7 Å². The average Bonchev–Trinajstić information content (AvgIpc) is 3.58. The van der Waals surface area contributed by atoms with Crippen LogP contribution >= 0.6 is 0 Å². The molecule has 1 saturated carbocycles. The lowest BCUT2D eigenvalue weighted by atomic mass is 9.74. The van der Waals surface area contributed by atoms with Crippen molar-refractivity contribution in [1.82, 2.24) is 15.2 Å². The summed E-state index contributed by atoms with van der Waals surface area (Å²) in [6.45, 7) is 4.36. The highest BCUT2D eigenvalue weighted by Crippen LogP contribution is 2.44. The van der Waals surface area contributed by atoms with Gasteiger partial charge in [-0.05, 0) is 68.0 Å². The zero-order valence-electron chi connectivity index (χ0n) is 18.3. The molecule has 3 aliphatic rings. The van der Waals surface area contributed by atoms with Gasteiger partial charge < -0.3 is 10.2 Å². The summed E-state index contributed by atoms with van der Waals surface area (Å²) in [4.78, 5) is 22.6. The Labute approximate surface area is 187 Å². The molecule has 32 heavy (non-hydrogen) atoms. The SMILES string of the molecule is O=C(NCC1CC1)[C@@]12CCCN(Cc3ccc(F)c(F)c3)C[C@H]1CN(c1ccccn1)C2. The van der Waals surface area contributed by atoms with E-state index in [1.165, 1.54) is 25.0 Å². The molecule has 3 heterocycles. The summed E-state index contributed by atoms with van der Waals surface area (Å²) in [7, 11) is 0. The quantitative estimate of drug-likeness (QED) is 0.746. The summed E-state index contributed by atoms with van der Waals surface area (Å²) in [5, 5.41) is 3.26. The van der Waals surface area contributed by atoms with Crippen LogP contribution in [-0.2, 0) is 11.3 Å². The van der Waals surface area contributed by atoms with Crippen LogP contribution in [0.2, 0.25) is 0 Å². The Morgan fingerprint density at radius 1 is 1.16 bits per heavy atom. The second-order valence-electron chi connectivity index (χ2n) is 9.66. The third-order valence-electron chi connectivity index (χ3n) is 7.33. The number of benzene rings is 1. The van der Waals surface area contributed by atoms with Crippen LogP contribution in [0, 0.1) is 28.9 Å². The maximum atomic E-state index is 13.7. The van der Waals surface area contributed by atoms with Gasteiger partial charge in [-0.3, -0.25) is 9.69 Å². The monoisotopic (exact) mass is 440 g/mol. The summed E-state index contributed by atoms with van der Waals surface area (Å²) in [6, 6.07) is 10.0. The van der Waals surface area contributed by atoms with Crippen molar-refractivity contribution in [1.29, 1.82) is 0 Å². The molecule has 0 radical (unpaired) electrons. The fourth-order valence-electron chi connectivity index (χ4n) is 5.37. The molecule has 0 bridgehead atoms. The number of aromatic nitrogens is 1. The molecule has 2 saturated heterocycles. The van der Waals surface area contributed by atoms with Crippen molar-refractivity contribution in [3.8, 4) is 0 Å². The minimum absolute atomic E-state index is 0.150. The van der Waals surface area contributed by atoms with Gasteiger partial charge in [0.25, 0.3) is 0 Å². The molecule has 1 aliphatic carbocycles. The smallest absolute Gasteiger partial charge is 0.228 e. The van der Waals surface area contributed by atoms with Gasteiger partial charge in [-0.25, -0.2) is 13.8 Å². The zero-order valence-corrected chi connectivity index (χ0v) is 18.3. The van der Waals surface area contributed by atoms with Crippen molar-refractivity contribution in [2.24, 2.45) is 17.3 Å². The molecule has 170 valence electrons. The lowest BCUT2D eigenvalue weighted by Crippen LogP contribution is -2.48. The molecule has 2 aliphatic heterocycles. The number of nitrogens with one attached hydrogen (secondary N) is 1. The van der Waals surface area contributed by atoms with Gasteiger partial charge >= 0.3 is 0 Å². The fraction of sp³-hybridized carbons (Fsp3) is 0.520. The van der Waals surface area contributed by atoms with Gasteiger partial charge in [0.05, 0.1) is 5.41 Å². The molecule has 2 atom stereocenters. The molecule has 1 aromatic heterocycles. The third kappa shape index (κ3) is 4.35. The number of rotatable bonds is 6. The Balaban J connectivity index is 1.37. The highest BCUT2D eigenvalue weighted by atomic mass is 19.2. The number of halogens is 2. The molecule has 5 rings (SSSR count). The molecular formula is C25H30F2N4O. The number of fused-ring (bicyclic) bond motifs is 1. The molecule has 2 aromatic rings. The maximum absolute atomic E-state index is 13.7. The molecule has 5 nitrogen and oxygen atoms in total. The summed E-state index contributed by atoms with van der Waals surface area (Å²) >= 11 is 0.